The molecule has 20 heavy (non-hydrogen) atoms. The number of thioether (sulfide) groups is 1. The van der Waals surface area contributed by atoms with Crippen molar-refractivity contribution in [2.75, 3.05) is 18.1 Å². The Morgan fingerprint density at radius 1 is 1.35 bits per heavy atom. The van der Waals surface area contributed by atoms with Gasteiger partial charge in [-0.05, 0) is 73.8 Å². The van der Waals surface area contributed by atoms with Crippen LogP contribution < -0.4 is 5.32 Å². The number of hydrogen-bond acceptors (Lipinski definition) is 2. The normalized spacial score (nSPS) is 18.1. The first-order valence-corrected chi connectivity index (χ1v) is 8.93. The first-order chi connectivity index (χ1) is 9.70. The van der Waals surface area contributed by atoms with Crippen LogP contribution in [0.15, 0.2) is 18.2 Å². The molecule has 1 nitrogen and oxygen atoms in total. The summed E-state index contributed by atoms with van der Waals surface area (Å²) in [6.45, 7) is 5.00. The van der Waals surface area contributed by atoms with Crippen LogP contribution in [-0.4, -0.2) is 18.1 Å². The molecule has 0 aromatic heterocycles. The number of nitrogens with one attached hydrogen (secondary N) is 1. The molecule has 0 aliphatic carbocycles. The molecule has 1 saturated heterocycles. The highest BCUT2D eigenvalue weighted by molar-refractivity contribution is 7.99. The van der Waals surface area contributed by atoms with Crippen LogP contribution in [-0.2, 0) is 0 Å². The summed E-state index contributed by atoms with van der Waals surface area (Å²) in [7, 11) is 0. The highest BCUT2D eigenvalue weighted by atomic mass is 32.2. The van der Waals surface area contributed by atoms with Crippen molar-refractivity contribution in [1.29, 1.82) is 0 Å². The van der Waals surface area contributed by atoms with E-state index in [1.807, 2.05) is 13.0 Å². The molecular weight excluding hydrogens is 269 g/mol. The largest absolute Gasteiger partial charge is 0.310 e. The molecule has 0 amide bonds. The zero-order chi connectivity index (χ0) is 14.4. The van der Waals surface area contributed by atoms with E-state index in [0.717, 1.165) is 36.4 Å². The van der Waals surface area contributed by atoms with Crippen molar-refractivity contribution in [2.24, 2.45) is 5.92 Å². The summed E-state index contributed by atoms with van der Waals surface area (Å²) in [5, 5.41) is 3.61. The highest BCUT2D eigenvalue weighted by Crippen LogP contribution is 2.31. The fourth-order valence-corrected chi connectivity index (χ4v) is 4.00. The van der Waals surface area contributed by atoms with Crippen molar-refractivity contribution >= 4 is 11.8 Å². The first kappa shape index (κ1) is 15.8. The smallest absolute Gasteiger partial charge is 0.126 e. The van der Waals surface area contributed by atoms with E-state index in [0.29, 0.717) is 6.04 Å². The second-order valence-corrected chi connectivity index (χ2v) is 7.03. The number of benzene rings is 1. The van der Waals surface area contributed by atoms with E-state index in [9.17, 15) is 4.39 Å². The molecule has 1 heterocycles. The Hall–Kier alpha value is -0.540. The molecule has 1 aliphatic heterocycles. The minimum Gasteiger partial charge on any atom is -0.310 e. The van der Waals surface area contributed by atoms with Gasteiger partial charge in [0, 0.05) is 6.04 Å². The average molecular weight is 295 g/mol. The van der Waals surface area contributed by atoms with E-state index in [4.69, 9.17) is 0 Å². The van der Waals surface area contributed by atoms with Gasteiger partial charge in [-0.15, -0.1) is 0 Å². The fraction of sp³-hybridized carbons (Fsp3) is 0.647. The molecule has 2 rings (SSSR count). The summed E-state index contributed by atoms with van der Waals surface area (Å²) >= 11 is 2.06. The van der Waals surface area contributed by atoms with Crippen LogP contribution in [0.2, 0.25) is 0 Å². The Labute approximate surface area is 126 Å². The number of halogens is 1. The molecule has 1 fully saturated rings. The van der Waals surface area contributed by atoms with E-state index in [-0.39, 0.29) is 5.82 Å². The molecule has 1 N–H and O–H groups in total. The monoisotopic (exact) mass is 295 g/mol. The fourth-order valence-electron chi connectivity index (χ4n) is 2.80. The second-order valence-electron chi connectivity index (χ2n) is 5.81. The minimum atomic E-state index is -0.0787. The van der Waals surface area contributed by atoms with E-state index < -0.39 is 0 Å². The van der Waals surface area contributed by atoms with Gasteiger partial charge in [0.15, 0.2) is 0 Å². The van der Waals surface area contributed by atoms with Gasteiger partial charge in [-0.3, -0.25) is 0 Å². The highest BCUT2D eigenvalue weighted by Gasteiger charge is 2.20. The molecule has 1 atom stereocenters. The third kappa shape index (κ3) is 4.49. The molecule has 0 bridgehead atoms. The summed E-state index contributed by atoms with van der Waals surface area (Å²) in [4.78, 5) is 0. The summed E-state index contributed by atoms with van der Waals surface area (Å²) < 4.78 is 13.8. The summed E-state index contributed by atoms with van der Waals surface area (Å²) in [5.74, 6) is 3.28. The van der Waals surface area contributed by atoms with Gasteiger partial charge in [0.2, 0.25) is 0 Å². The van der Waals surface area contributed by atoms with Gasteiger partial charge < -0.3 is 5.32 Å². The van der Waals surface area contributed by atoms with Gasteiger partial charge >= 0.3 is 0 Å². The van der Waals surface area contributed by atoms with E-state index in [1.165, 1.54) is 24.3 Å². The lowest BCUT2D eigenvalue weighted by Crippen LogP contribution is -2.26. The number of rotatable bonds is 6. The first-order valence-electron chi connectivity index (χ1n) is 7.78. The zero-order valence-corrected chi connectivity index (χ0v) is 13.4. The van der Waals surface area contributed by atoms with E-state index in [2.05, 4.69) is 30.1 Å². The van der Waals surface area contributed by atoms with Crippen molar-refractivity contribution in [1.82, 2.24) is 5.32 Å². The maximum atomic E-state index is 13.8. The summed E-state index contributed by atoms with van der Waals surface area (Å²) in [6, 6.07) is 6.02. The van der Waals surface area contributed by atoms with Crippen LogP contribution in [0.1, 0.15) is 49.8 Å². The van der Waals surface area contributed by atoms with Crippen LogP contribution in [0.3, 0.4) is 0 Å². The van der Waals surface area contributed by atoms with Crippen LogP contribution in [0.4, 0.5) is 4.39 Å². The van der Waals surface area contributed by atoms with Crippen molar-refractivity contribution in [2.45, 2.75) is 45.6 Å². The minimum absolute atomic E-state index is 0.0787. The van der Waals surface area contributed by atoms with Gasteiger partial charge in [-0.1, -0.05) is 19.1 Å². The Morgan fingerprint density at radius 3 is 2.75 bits per heavy atom. The van der Waals surface area contributed by atoms with Gasteiger partial charge in [0.1, 0.15) is 5.82 Å². The van der Waals surface area contributed by atoms with Gasteiger partial charge in [0.25, 0.3) is 0 Å². The van der Waals surface area contributed by atoms with E-state index in [1.54, 1.807) is 6.07 Å². The van der Waals surface area contributed by atoms with Gasteiger partial charge in [-0.2, -0.15) is 11.8 Å². The van der Waals surface area contributed by atoms with Crippen molar-refractivity contribution in [3.63, 3.8) is 0 Å². The average Bonchev–Trinajstić information content (AvgIpc) is 2.47. The number of hydrogen-bond donors (Lipinski definition) is 1. The molecule has 0 radical (unpaired) electrons. The Morgan fingerprint density at radius 2 is 2.10 bits per heavy atom. The molecular formula is C17H26FNS. The molecule has 1 unspecified atom stereocenters. The molecule has 3 heteroatoms. The Balaban J connectivity index is 2.06. The Bertz CT molecular complexity index is 415. The third-order valence-corrected chi connectivity index (χ3v) is 5.20. The standard InChI is InChI=1S/C17H26FNS/c1-3-8-19-17(11-14-6-9-20-10-7-14)15-5-4-13(2)16(18)12-15/h4-5,12,14,17,19H,3,6-11H2,1-2H3. The third-order valence-electron chi connectivity index (χ3n) is 4.15. The SMILES string of the molecule is CCCNC(CC1CCSCC1)c1ccc(C)c(F)c1. The predicted molar refractivity (Wildman–Crippen MR) is 86.8 cm³/mol. The molecule has 0 spiro atoms. The molecule has 112 valence electrons. The van der Waals surface area contributed by atoms with Gasteiger partial charge in [-0.25, -0.2) is 4.39 Å². The topological polar surface area (TPSA) is 12.0 Å². The molecule has 0 saturated carbocycles. The van der Waals surface area contributed by atoms with E-state index >= 15 is 0 Å². The zero-order valence-electron chi connectivity index (χ0n) is 12.6. The summed E-state index contributed by atoms with van der Waals surface area (Å²) in [6.07, 6.45) is 4.88. The lowest BCUT2D eigenvalue weighted by molar-refractivity contribution is 0.369. The lowest BCUT2D eigenvalue weighted by atomic mass is 9.90. The Kier molecular flexibility index (Phi) is 6.37. The molecule has 1 aromatic carbocycles. The van der Waals surface area contributed by atoms with Crippen LogP contribution >= 0.6 is 11.8 Å². The molecule has 1 aliphatic rings. The quantitative estimate of drug-likeness (QED) is 0.816. The van der Waals surface area contributed by atoms with Crippen LogP contribution in [0, 0.1) is 18.7 Å². The van der Waals surface area contributed by atoms with Crippen LogP contribution in [0.25, 0.3) is 0 Å². The van der Waals surface area contributed by atoms with Crippen LogP contribution in [0.5, 0.6) is 0 Å². The number of aryl methyl sites for hydroxylation is 1. The lowest BCUT2D eigenvalue weighted by Gasteiger charge is -2.27. The van der Waals surface area contributed by atoms with Crippen molar-refractivity contribution in [3.8, 4) is 0 Å². The predicted octanol–water partition coefficient (Wildman–Crippen LogP) is 4.71. The van der Waals surface area contributed by atoms with Crippen molar-refractivity contribution in [3.05, 3.63) is 35.1 Å². The molecule has 1 aromatic rings. The van der Waals surface area contributed by atoms with Crippen molar-refractivity contribution < 1.29 is 4.39 Å². The second kappa shape index (κ2) is 8.04. The maximum absolute atomic E-state index is 13.8. The van der Waals surface area contributed by atoms with Gasteiger partial charge in [0.05, 0.1) is 0 Å². The summed E-state index contributed by atoms with van der Waals surface area (Å²) in [5.41, 5.74) is 1.84. The maximum Gasteiger partial charge on any atom is 0.126 e.